The third-order valence-corrected chi connectivity index (χ3v) is 4.75. The fourth-order valence-corrected chi connectivity index (χ4v) is 3.63. The summed E-state index contributed by atoms with van der Waals surface area (Å²) in [7, 11) is 0. The first-order valence-electron chi connectivity index (χ1n) is 6.65. The topological polar surface area (TPSA) is 92.7 Å². The van der Waals surface area contributed by atoms with Gasteiger partial charge in [0.15, 0.2) is 0 Å². The van der Waals surface area contributed by atoms with Gasteiger partial charge in [-0.2, -0.15) is 9.38 Å². The minimum Gasteiger partial charge on any atom is -0.396 e. The van der Waals surface area contributed by atoms with Crippen LogP contribution in [0.25, 0.3) is 4.96 Å². The van der Waals surface area contributed by atoms with Gasteiger partial charge < -0.3 is 20.5 Å². The van der Waals surface area contributed by atoms with Crippen molar-refractivity contribution in [3.05, 3.63) is 21.7 Å². The van der Waals surface area contributed by atoms with Gasteiger partial charge in [-0.3, -0.25) is 0 Å². The summed E-state index contributed by atoms with van der Waals surface area (Å²) in [5.74, 6) is 0.967. The number of anilines is 1. The number of hydrogen-bond donors (Lipinski definition) is 2. The van der Waals surface area contributed by atoms with E-state index >= 15 is 0 Å². The number of aliphatic hydroxyl groups excluding tert-OH is 1. The van der Waals surface area contributed by atoms with Crippen molar-refractivity contribution < 1.29 is 10.0 Å². The van der Waals surface area contributed by atoms with Crippen LogP contribution in [-0.4, -0.2) is 32.6 Å². The highest BCUT2D eigenvalue weighted by molar-refractivity contribution is 7.15. The smallest absolute Gasteiger partial charge is 0.372 e. The van der Waals surface area contributed by atoms with E-state index in [1.165, 1.54) is 15.7 Å². The summed E-state index contributed by atoms with van der Waals surface area (Å²) in [5.41, 5.74) is 0. The van der Waals surface area contributed by atoms with Crippen LogP contribution >= 0.6 is 11.3 Å². The Morgan fingerprint density at radius 3 is 3.10 bits per heavy atom. The lowest BCUT2D eigenvalue weighted by Gasteiger charge is -2.17. The number of nitrogens with zero attached hydrogens (tertiary/aromatic N) is 3. The first kappa shape index (κ1) is 13.3. The number of rotatable bonds is 5. The van der Waals surface area contributed by atoms with E-state index in [2.05, 4.69) is 10.3 Å². The minimum atomic E-state index is -0.409. The van der Waals surface area contributed by atoms with E-state index in [1.807, 2.05) is 0 Å². The van der Waals surface area contributed by atoms with Crippen molar-refractivity contribution >= 4 is 27.9 Å². The average molecular weight is 296 g/mol. The molecule has 0 saturated heterocycles. The molecule has 108 valence electrons. The van der Waals surface area contributed by atoms with Crippen LogP contribution in [0.15, 0.2) is 11.6 Å². The second-order valence-electron chi connectivity index (χ2n) is 5.11. The summed E-state index contributed by atoms with van der Waals surface area (Å²) in [6.07, 6.45) is 4.85. The van der Waals surface area contributed by atoms with Crippen molar-refractivity contribution in [3.8, 4) is 0 Å². The van der Waals surface area contributed by atoms with Gasteiger partial charge in [0.1, 0.15) is 6.20 Å². The molecule has 2 aromatic heterocycles. The molecule has 2 aromatic rings. The van der Waals surface area contributed by atoms with Gasteiger partial charge in [0, 0.05) is 18.5 Å². The normalized spacial score (nSPS) is 22.4. The molecule has 8 heteroatoms. The molecule has 1 saturated carbocycles. The Labute approximate surface area is 119 Å². The van der Waals surface area contributed by atoms with E-state index in [9.17, 15) is 15.2 Å². The van der Waals surface area contributed by atoms with Crippen molar-refractivity contribution in [2.45, 2.75) is 19.3 Å². The van der Waals surface area contributed by atoms with Gasteiger partial charge in [-0.05, 0) is 29.6 Å². The zero-order chi connectivity index (χ0) is 14.1. The number of fused-ring (bicyclic) bond motifs is 1. The lowest BCUT2D eigenvalue weighted by molar-refractivity contribution is -0.389. The van der Waals surface area contributed by atoms with E-state index in [0.29, 0.717) is 29.2 Å². The van der Waals surface area contributed by atoms with Crippen LogP contribution in [-0.2, 0) is 0 Å². The standard InChI is InChI=1S/C12H16N4O3S/c17-7-9-3-1-2-8(9)6-13-10-11(16(18)19)15-4-5-20-12(15)14-10/h4-5,8-9,13,17H,1-3,6-7H2. The zero-order valence-corrected chi connectivity index (χ0v) is 11.7. The van der Waals surface area contributed by atoms with Crippen LogP contribution in [0.4, 0.5) is 11.6 Å². The molecule has 1 fully saturated rings. The fourth-order valence-electron chi connectivity index (χ4n) is 2.92. The number of hydrogen-bond acceptors (Lipinski definition) is 6. The predicted molar refractivity (Wildman–Crippen MR) is 76.1 cm³/mol. The molecule has 1 aliphatic carbocycles. The molecule has 2 N–H and O–H groups in total. The molecule has 0 aliphatic heterocycles. The molecule has 2 heterocycles. The number of nitrogens with one attached hydrogen (secondary N) is 1. The van der Waals surface area contributed by atoms with Crippen molar-refractivity contribution in [1.29, 1.82) is 0 Å². The van der Waals surface area contributed by atoms with Gasteiger partial charge in [0.2, 0.25) is 5.82 Å². The summed E-state index contributed by atoms with van der Waals surface area (Å²) < 4.78 is 1.49. The maximum atomic E-state index is 11.2. The monoisotopic (exact) mass is 296 g/mol. The van der Waals surface area contributed by atoms with Crippen LogP contribution in [0.3, 0.4) is 0 Å². The van der Waals surface area contributed by atoms with E-state index in [4.69, 9.17) is 0 Å². The van der Waals surface area contributed by atoms with Crippen LogP contribution in [0.2, 0.25) is 0 Å². The largest absolute Gasteiger partial charge is 0.396 e. The molecule has 2 atom stereocenters. The average Bonchev–Trinajstić information content (AvgIpc) is 3.10. The van der Waals surface area contributed by atoms with Crippen LogP contribution in [0.1, 0.15) is 19.3 Å². The molecule has 2 unspecified atom stereocenters. The van der Waals surface area contributed by atoms with Gasteiger partial charge in [-0.15, -0.1) is 0 Å². The molecule has 1 aliphatic rings. The van der Waals surface area contributed by atoms with Crippen LogP contribution in [0.5, 0.6) is 0 Å². The highest BCUT2D eigenvalue weighted by Gasteiger charge is 2.29. The Morgan fingerprint density at radius 1 is 1.55 bits per heavy atom. The maximum absolute atomic E-state index is 11.2. The van der Waals surface area contributed by atoms with Crippen LogP contribution in [0, 0.1) is 22.0 Å². The second-order valence-corrected chi connectivity index (χ2v) is 5.98. The second kappa shape index (κ2) is 5.37. The summed E-state index contributed by atoms with van der Waals surface area (Å²) in [5, 5.41) is 25.4. The van der Waals surface area contributed by atoms with Gasteiger partial charge in [-0.25, -0.2) is 0 Å². The molecular formula is C12H16N4O3S. The third-order valence-electron chi connectivity index (χ3n) is 3.99. The Bertz CT molecular complexity index is 623. The predicted octanol–water partition coefficient (Wildman–Crippen LogP) is 2.12. The lowest BCUT2D eigenvalue weighted by Crippen LogP contribution is -2.21. The van der Waals surface area contributed by atoms with E-state index < -0.39 is 4.92 Å². The Kier molecular flexibility index (Phi) is 3.58. The van der Waals surface area contributed by atoms with E-state index in [1.54, 1.807) is 11.6 Å². The molecule has 0 amide bonds. The molecule has 0 bridgehead atoms. The zero-order valence-electron chi connectivity index (χ0n) is 10.9. The molecule has 0 aromatic carbocycles. The summed E-state index contributed by atoms with van der Waals surface area (Å²) >= 11 is 1.37. The quantitative estimate of drug-likeness (QED) is 0.651. The first-order chi connectivity index (χ1) is 9.70. The molecule has 7 nitrogen and oxygen atoms in total. The van der Waals surface area contributed by atoms with Crippen molar-refractivity contribution in [1.82, 2.24) is 9.38 Å². The summed E-state index contributed by atoms with van der Waals surface area (Å²) in [6, 6.07) is 0. The van der Waals surface area contributed by atoms with Gasteiger partial charge in [0.25, 0.3) is 4.96 Å². The SMILES string of the molecule is O=[N+]([O-])c1c(NCC2CCCC2CO)nc2sccn12. The number of nitro groups is 1. The van der Waals surface area contributed by atoms with Gasteiger partial charge >= 0.3 is 5.82 Å². The summed E-state index contributed by atoms with van der Waals surface area (Å²) in [6.45, 7) is 0.809. The number of aliphatic hydroxyl groups is 1. The van der Waals surface area contributed by atoms with Crippen LogP contribution < -0.4 is 5.32 Å². The Morgan fingerprint density at radius 2 is 2.35 bits per heavy atom. The minimum absolute atomic E-state index is 0.0141. The van der Waals surface area contributed by atoms with Crippen molar-refractivity contribution in [2.24, 2.45) is 11.8 Å². The molecule has 0 radical (unpaired) electrons. The fraction of sp³-hybridized carbons (Fsp3) is 0.583. The van der Waals surface area contributed by atoms with Crippen molar-refractivity contribution in [2.75, 3.05) is 18.5 Å². The molecule has 3 rings (SSSR count). The summed E-state index contributed by atoms with van der Waals surface area (Å²) in [4.78, 5) is 15.7. The maximum Gasteiger partial charge on any atom is 0.372 e. The lowest BCUT2D eigenvalue weighted by atomic mass is 9.97. The number of thiazole rings is 1. The first-order valence-corrected chi connectivity index (χ1v) is 7.53. The molecule has 0 spiro atoms. The highest BCUT2D eigenvalue weighted by Crippen LogP contribution is 2.33. The number of aromatic nitrogens is 2. The van der Waals surface area contributed by atoms with E-state index in [0.717, 1.165) is 19.3 Å². The number of imidazole rings is 1. The Balaban J connectivity index is 1.78. The highest BCUT2D eigenvalue weighted by atomic mass is 32.1. The molecular weight excluding hydrogens is 280 g/mol. The van der Waals surface area contributed by atoms with Gasteiger partial charge in [-0.1, -0.05) is 17.8 Å². The Hall–Kier alpha value is -1.67. The van der Waals surface area contributed by atoms with Gasteiger partial charge in [0.05, 0.1) is 0 Å². The van der Waals surface area contributed by atoms with E-state index in [-0.39, 0.29) is 12.4 Å². The van der Waals surface area contributed by atoms with Crippen molar-refractivity contribution in [3.63, 3.8) is 0 Å². The molecule has 20 heavy (non-hydrogen) atoms. The third kappa shape index (κ3) is 2.25.